The molecule has 0 bridgehead atoms. The Morgan fingerprint density at radius 2 is 1.60 bits per heavy atom. The minimum Gasteiger partial charge on any atom is -0.493 e. The summed E-state index contributed by atoms with van der Waals surface area (Å²) < 4.78 is 18.9. The van der Waals surface area contributed by atoms with Crippen molar-refractivity contribution in [2.75, 3.05) is 59.9 Å². The first-order chi connectivity index (χ1) is 22.1. The second-order valence-electron chi connectivity index (χ2n) is 12.6. The number of imidazole rings is 1. The van der Waals surface area contributed by atoms with E-state index in [1.807, 2.05) is 53.6 Å². The number of rotatable bonds is 17. The number of nitrogens with zero attached hydrogens (tertiary/aromatic N) is 5. The topological polar surface area (TPSA) is 94.0 Å². The molecule has 0 fully saturated rings. The summed E-state index contributed by atoms with van der Waals surface area (Å²) in [4.78, 5) is 27.4. The maximum atomic E-state index is 13.7. The number of fused-ring (bicyclic) bond motifs is 1. The minimum absolute atomic E-state index is 0. The van der Waals surface area contributed by atoms with Crippen LogP contribution in [0, 0.1) is 11.8 Å². The Labute approximate surface area is 285 Å². The largest absolute Gasteiger partial charge is 0.493 e. The van der Waals surface area contributed by atoms with Gasteiger partial charge in [0, 0.05) is 67.9 Å². The predicted molar refractivity (Wildman–Crippen MR) is 192 cm³/mol. The second-order valence-corrected chi connectivity index (χ2v) is 12.6. The van der Waals surface area contributed by atoms with Crippen LogP contribution in [0.3, 0.4) is 0 Å². The lowest BCUT2D eigenvalue weighted by Crippen LogP contribution is -2.37. The molecule has 4 aromatic rings. The first-order valence-electron chi connectivity index (χ1n) is 16.1. The Morgan fingerprint density at radius 1 is 0.915 bits per heavy atom. The third-order valence-electron chi connectivity index (χ3n) is 7.77. The number of anilines is 2. The highest BCUT2D eigenvalue weighted by Gasteiger charge is 2.21. The van der Waals surface area contributed by atoms with Crippen LogP contribution in [0.5, 0.6) is 17.2 Å². The molecule has 0 aliphatic heterocycles. The monoisotopic (exact) mass is 666 g/mol. The molecule has 4 rings (SSSR count). The molecule has 0 saturated carbocycles. The molecule has 0 saturated heterocycles. The molecular weight excluding hydrogens is 616 g/mol. The van der Waals surface area contributed by atoms with Crippen LogP contribution in [-0.4, -0.2) is 84.8 Å². The number of carbonyl (C=O) groups excluding carboxylic acids is 1. The van der Waals surface area contributed by atoms with Crippen molar-refractivity contribution in [3.8, 4) is 17.2 Å². The van der Waals surface area contributed by atoms with E-state index in [-0.39, 0.29) is 18.3 Å². The van der Waals surface area contributed by atoms with Crippen molar-refractivity contribution < 1.29 is 19.0 Å². The minimum atomic E-state index is 0. The van der Waals surface area contributed by atoms with Crippen molar-refractivity contribution in [1.29, 1.82) is 0 Å². The predicted octanol–water partition coefficient (Wildman–Crippen LogP) is 6.94. The quantitative estimate of drug-likeness (QED) is 0.130. The van der Waals surface area contributed by atoms with Gasteiger partial charge in [0.05, 0.1) is 32.4 Å². The Morgan fingerprint density at radius 3 is 2.17 bits per heavy atom. The Balaban J connectivity index is 0.00000600. The lowest BCUT2D eigenvalue weighted by molar-refractivity contribution is 0.0715. The van der Waals surface area contributed by atoms with Gasteiger partial charge in [0.2, 0.25) is 11.7 Å². The molecule has 0 radical (unpaired) electrons. The molecule has 47 heavy (non-hydrogen) atoms. The first kappa shape index (κ1) is 37.4. The summed E-state index contributed by atoms with van der Waals surface area (Å²) in [5.74, 6) is 3.07. The fourth-order valence-corrected chi connectivity index (χ4v) is 5.63. The summed E-state index contributed by atoms with van der Waals surface area (Å²) in [5, 5.41) is 3.49. The van der Waals surface area contributed by atoms with Crippen LogP contribution < -0.4 is 19.5 Å². The molecule has 256 valence electrons. The number of hydrogen-bond acceptors (Lipinski definition) is 8. The molecule has 0 unspecified atom stereocenters. The van der Waals surface area contributed by atoms with Gasteiger partial charge in [0.15, 0.2) is 11.5 Å². The van der Waals surface area contributed by atoms with E-state index >= 15 is 0 Å². The van der Waals surface area contributed by atoms with Crippen LogP contribution in [0.2, 0.25) is 0 Å². The zero-order valence-electron chi connectivity index (χ0n) is 29.1. The number of amides is 1. The lowest BCUT2D eigenvalue weighted by atomic mass is 10.1. The van der Waals surface area contributed by atoms with Crippen molar-refractivity contribution in [3.63, 3.8) is 0 Å². The smallest absolute Gasteiger partial charge is 0.253 e. The summed E-state index contributed by atoms with van der Waals surface area (Å²) in [5.41, 5.74) is 4.21. The van der Waals surface area contributed by atoms with Gasteiger partial charge in [0.25, 0.3) is 5.91 Å². The first-order valence-corrected chi connectivity index (χ1v) is 16.1. The molecule has 2 aromatic carbocycles. The van der Waals surface area contributed by atoms with Crippen molar-refractivity contribution in [3.05, 3.63) is 66.0 Å². The highest BCUT2D eigenvalue weighted by atomic mass is 35.5. The molecule has 1 amide bonds. The summed E-state index contributed by atoms with van der Waals surface area (Å²) in [6.07, 6.45) is 3.65. The second kappa shape index (κ2) is 17.8. The normalized spacial score (nSPS) is 11.2. The van der Waals surface area contributed by atoms with E-state index in [9.17, 15) is 4.79 Å². The van der Waals surface area contributed by atoms with Crippen LogP contribution in [0.15, 0.2) is 54.7 Å². The Kier molecular flexibility index (Phi) is 14.2. The lowest BCUT2D eigenvalue weighted by Gasteiger charge is -2.26. The van der Waals surface area contributed by atoms with E-state index in [2.05, 4.69) is 60.6 Å². The van der Waals surface area contributed by atoms with Crippen molar-refractivity contribution in [2.45, 2.75) is 47.1 Å². The van der Waals surface area contributed by atoms with Crippen LogP contribution in [0.4, 0.5) is 11.6 Å². The van der Waals surface area contributed by atoms with Gasteiger partial charge in [0.1, 0.15) is 0 Å². The highest BCUT2D eigenvalue weighted by molar-refractivity contribution is 5.98. The number of carbonyl (C=O) groups is 1. The molecule has 0 aliphatic rings. The average molecular weight is 667 g/mol. The molecular formula is C36H51ClN6O4. The number of benzene rings is 2. The third-order valence-corrected chi connectivity index (χ3v) is 7.77. The molecule has 2 aromatic heterocycles. The van der Waals surface area contributed by atoms with Gasteiger partial charge in [-0.1, -0.05) is 33.8 Å². The summed E-state index contributed by atoms with van der Waals surface area (Å²) in [7, 11) is 6.92. The number of likely N-dealkylation sites (N-methyl/N-ethyl adjacent to an activating group) is 1. The average Bonchev–Trinajstić information content (AvgIpc) is 3.38. The number of aryl methyl sites for hydroxylation is 1. The van der Waals surface area contributed by atoms with Crippen molar-refractivity contribution in [1.82, 2.24) is 24.3 Å². The van der Waals surface area contributed by atoms with E-state index in [4.69, 9.17) is 19.2 Å². The maximum absolute atomic E-state index is 13.7. The molecule has 11 heteroatoms. The Hall–Kier alpha value is -4.02. The van der Waals surface area contributed by atoms with E-state index in [0.29, 0.717) is 53.7 Å². The third kappa shape index (κ3) is 9.98. The molecule has 0 aliphatic carbocycles. The fourth-order valence-electron chi connectivity index (χ4n) is 5.63. The van der Waals surface area contributed by atoms with Gasteiger partial charge in [-0.2, -0.15) is 0 Å². The molecule has 0 atom stereocenters. The zero-order chi connectivity index (χ0) is 33.2. The van der Waals surface area contributed by atoms with Gasteiger partial charge in [-0.15, -0.1) is 12.4 Å². The van der Waals surface area contributed by atoms with Crippen LogP contribution in [0.25, 0.3) is 11.0 Å². The zero-order valence-corrected chi connectivity index (χ0v) is 29.9. The highest BCUT2D eigenvalue weighted by Crippen LogP contribution is 2.40. The van der Waals surface area contributed by atoms with Crippen LogP contribution in [-0.2, 0) is 13.0 Å². The number of pyridine rings is 1. The molecule has 10 nitrogen and oxygen atoms in total. The number of ether oxygens (including phenoxy) is 3. The van der Waals surface area contributed by atoms with Crippen molar-refractivity contribution in [2.24, 2.45) is 11.8 Å². The summed E-state index contributed by atoms with van der Waals surface area (Å²) in [6, 6.07) is 15.6. The number of aromatic nitrogens is 3. The van der Waals surface area contributed by atoms with E-state index in [1.165, 1.54) is 0 Å². The number of hydrogen-bond donors (Lipinski definition) is 1. The van der Waals surface area contributed by atoms with Crippen LogP contribution in [0.1, 0.15) is 50.2 Å². The van der Waals surface area contributed by atoms with Gasteiger partial charge >= 0.3 is 0 Å². The SMILES string of the molecule is COc1cc(Nc2nc3cc(C(=O)N(CC(C)C)CC(C)C)ccc3n2CCCN(C)CCc2ccccn2)cc(OC)c1OC.Cl. The number of methoxy groups -OCH3 is 3. The Bertz CT molecular complexity index is 1540. The summed E-state index contributed by atoms with van der Waals surface area (Å²) >= 11 is 0. The summed E-state index contributed by atoms with van der Waals surface area (Å²) in [6.45, 7) is 12.6. The van der Waals surface area contributed by atoms with E-state index < -0.39 is 0 Å². The molecule has 2 heterocycles. The standard InChI is InChI=1S/C36H50N6O4.ClH/c1-25(2)23-41(24-26(3)4)35(43)27-13-14-31-30(20-27)39-36(38-29-21-32(44-6)34(46-8)33(22-29)45-7)42(31)18-11-17-40(5)19-15-28-12-9-10-16-37-28;/h9-10,12-14,16,20-22,25-26H,11,15,17-19,23-24H2,1-8H3,(H,38,39);1H. The van der Waals surface area contributed by atoms with Gasteiger partial charge in [-0.25, -0.2) is 4.98 Å². The number of halogens is 1. The van der Waals surface area contributed by atoms with Gasteiger partial charge in [-0.05, 0) is 62.2 Å². The van der Waals surface area contributed by atoms with Gasteiger partial charge < -0.3 is 33.9 Å². The van der Waals surface area contributed by atoms with Crippen molar-refractivity contribution >= 4 is 41.0 Å². The molecule has 1 N–H and O–H groups in total. The fraction of sp³-hybridized carbons (Fsp3) is 0.472. The van der Waals surface area contributed by atoms with E-state index in [0.717, 1.165) is 54.9 Å². The number of nitrogens with one attached hydrogen (secondary N) is 1. The van der Waals surface area contributed by atoms with E-state index in [1.54, 1.807) is 21.3 Å². The molecule has 0 spiro atoms. The van der Waals surface area contributed by atoms with Crippen LogP contribution >= 0.6 is 12.4 Å². The van der Waals surface area contributed by atoms with Gasteiger partial charge in [-0.3, -0.25) is 9.78 Å². The maximum Gasteiger partial charge on any atom is 0.253 e.